The van der Waals surface area contributed by atoms with Crippen molar-refractivity contribution in [2.45, 2.75) is 31.8 Å². The second-order valence-electron chi connectivity index (χ2n) is 7.46. The van der Waals surface area contributed by atoms with Gasteiger partial charge in [0.2, 0.25) is 0 Å². The summed E-state index contributed by atoms with van der Waals surface area (Å²) in [6, 6.07) is 10.7. The smallest absolute Gasteiger partial charge is 0.298 e. The minimum absolute atomic E-state index is 0.173. The zero-order valence-electron chi connectivity index (χ0n) is 15.4. The van der Waals surface area contributed by atoms with E-state index in [1.807, 2.05) is 31.2 Å². The zero-order chi connectivity index (χ0) is 18.4. The topological polar surface area (TPSA) is 78.5 Å². The summed E-state index contributed by atoms with van der Waals surface area (Å²) < 4.78 is 5.90. The van der Waals surface area contributed by atoms with Crippen molar-refractivity contribution >= 4 is 22.9 Å². The molecule has 2 fully saturated rings. The van der Waals surface area contributed by atoms with Gasteiger partial charge in [0.1, 0.15) is 17.2 Å². The average Bonchev–Trinajstić information content (AvgIpc) is 3.09. The number of oxazole rings is 1. The van der Waals surface area contributed by atoms with Crippen LogP contribution < -0.4 is 9.80 Å². The highest BCUT2D eigenvalue weighted by Crippen LogP contribution is 2.36. The molecule has 1 saturated carbocycles. The van der Waals surface area contributed by atoms with Crippen molar-refractivity contribution in [3.8, 4) is 0 Å². The molecule has 5 rings (SSSR count). The lowest BCUT2D eigenvalue weighted by molar-refractivity contribution is 0.0731. The van der Waals surface area contributed by atoms with Crippen molar-refractivity contribution in [1.29, 1.82) is 0 Å². The van der Waals surface area contributed by atoms with Crippen LogP contribution in [0, 0.1) is 6.92 Å². The molecule has 0 spiro atoms. The monoisotopic (exact) mass is 365 g/mol. The largest absolute Gasteiger partial charge is 0.423 e. The molecule has 1 aliphatic carbocycles. The summed E-state index contributed by atoms with van der Waals surface area (Å²) in [6.07, 6.45) is 1.44. The van der Waals surface area contributed by atoms with Crippen LogP contribution in [0.2, 0.25) is 0 Å². The lowest BCUT2D eigenvalue weighted by Crippen LogP contribution is -2.47. The first-order chi connectivity index (χ1) is 13.2. The summed E-state index contributed by atoms with van der Waals surface area (Å²) in [7, 11) is 0. The van der Waals surface area contributed by atoms with Crippen LogP contribution in [-0.4, -0.2) is 52.3 Å². The van der Waals surface area contributed by atoms with Gasteiger partial charge in [0, 0.05) is 43.9 Å². The van der Waals surface area contributed by atoms with E-state index in [9.17, 15) is 5.11 Å². The number of piperazine rings is 1. The van der Waals surface area contributed by atoms with Gasteiger partial charge in [-0.25, -0.2) is 9.97 Å². The number of hydrogen-bond donors (Lipinski definition) is 1. The number of aliphatic hydroxyl groups is 1. The van der Waals surface area contributed by atoms with Crippen molar-refractivity contribution in [2.75, 3.05) is 36.0 Å². The molecule has 0 bridgehead atoms. The predicted octanol–water partition coefficient (Wildman–Crippen LogP) is 2.49. The van der Waals surface area contributed by atoms with E-state index in [0.29, 0.717) is 11.9 Å². The number of fused-ring (bicyclic) bond motifs is 1. The molecular formula is C20H23N5O2. The lowest BCUT2D eigenvalue weighted by Gasteiger charge is -2.35. The molecule has 3 aromatic rings. The Labute approximate surface area is 157 Å². The molecule has 1 aliphatic heterocycles. The Morgan fingerprint density at radius 1 is 1.00 bits per heavy atom. The van der Waals surface area contributed by atoms with Crippen molar-refractivity contribution < 1.29 is 9.52 Å². The Bertz CT molecular complexity index is 925. The van der Waals surface area contributed by atoms with E-state index in [2.05, 4.69) is 30.8 Å². The first kappa shape index (κ1) is 16.5. The van der Waals surface area contributed by atoms with Gasteiger partial charge in [-0.05, 0) is 31.9 Å². The van der Waals surface area contributed by atoms with Gasteiger partial charge in [-0.3, -0.25) is 0 Å². The Hall–Kier alpha value is -2.67. The number of hydrogen-bond acceptors (Lipinski definition) is 7. The predicted molar refractivity (Wildman–Crippen MR) is 103 cm³/mol. The SMILES string of the molecule is Cc1nc(C2CC(O)C2)cc(N2CCN(c3nc4ccccc4o3)CC2)n1. The number of anilines is 2. The van der Waals surface area contributed by atoms with Crippen molar-refractivity contribution in [1.82, 2.24) is 15.0 Å². The summed E-state index contributed by atoms with van der Waals surface area (Å²) in [4.78, 5) is 18.3. The maximum atomic E-state index is 9.58. The molecule has 0 atom stereocenters. The Morgan fingerprint density at radius 3 is 2.48 bits per heavy atom. The molecule has 0 unspecified atom stereocenters. The minimum Gasteiger partial charge on any atom is -0.423 e. The van der Waals surface area contributed by atoms with E-state index in [4.69, 9.17) is 4.42 Å². The fourth-order valence-corrected chi connectivity index (χ4v) is 3.90. The number of rotatable bonds is 3. The molecule has 140 valence electrons. The van der Waals surface area contributed by atoms with Gasteiger partial charge in [-0.1, -0.05) is 12.1 Å². The molecule has 7 heteroatoms. The van der Waals surface area contributed by atoms with Crippen molar-refractivity contribution in [3.05, 3.63) is 41.9 Å². The molecule has 1 aromatic carbocycles. The van der Waals surface area contributed by atoms with Crippen molar-refractivity contribution in [2.24, 2.45) is 0 Å². The summed E-state index contributed by atoms with van der Waals surface area (Å²) in [5.74, 6) is 2.14. The van der Waals surface area contributed by atoms with E-state index in [1.165, 1.54) is 0 Å². The van der Waals surface area contributed by atoms with Crippen LogP contribution in [0.15, 0.2) is 34.7 Å². The third-order valence-electron chi connectivity index (χ3n) is 5.53. The maximum absolute atomic E-state index is 9.58. The van der Waals surface area contributed by atoms with Crippen LogP contribution in [0.4, 0.5) is 11.8 Å². The summed E-state index contributed by atoms with van der Waals surface area (Å²) in [5, 5.41) is 9.58. The Balaban J connectivity index is 1.30. The molecule has 7 nitrogen and oxygen atoms in total. The van der Waals surface area contributed by atoms with E-state index in [-0.39, 0.29) is 6.10 Å². The molecular weight excluding hydrogens is 342 g/mol. The van der Waals surface area contributed by atoms with E-state index in [0.717, 1.165) is 67.5 Å². The summed E-state index contributed by atoms with van der Waals surface area (Å²) >= 11 is 0. The van der Waals surface area contributed by atoms with Crippen LogP contribution in [-0.2, 0) is 0 Å². The number of aliphatic hydroxyl groups excluding tert-OH is 1. The number of aryl methyl sites for hydroxylation is 1. The van der Waals surface area contributed by atoms with Crippen LogP contribution in [0.1, 0.15) is 30.3 Å². The molecule has 2 aliphatic rings. The zero-order valence-corrected chi connectivity index (χ0v) is 15.4. The molecule has 1 saturated heterocycles. The number of benzene rings is 1. The van der Waals surface area contributed by atoms with E-state index < -0.39 is 0 Å². The van der Waals surface area contributed by atoms with E-state index in [1.54, 1.807) is 0 Å². The molecule has 0 radical (unpaired) electrons. The average molecular weight is 365 g/mol. The molecule has 3 heterocycles. The summed E-state index contributed by atoms with van der Waals surface area (Å²) in [6.45, 7) is 5.35. The van der Waals surface area contributed by atoms with Gasteiger partial charge >= 0.3 is 0 Å². The Kier molecular flexibility index (Phi) is 3.97. The third kappa shape index (κ3) is 3.12. The normalized spacial score (nSPS) is 22.9. The third-order valence-corrected chi connectivity index (χ3v) is 5.53. The molecule has 2 aromatic heterocycles. The first-order valence-electron chi connectivity index (χ1n) is 9.55. The quantitative estimate of drug-likeness (QED) is 0.764. The van der Waals surface area contributed by atoms with Gasteiger partial charge in [-0.15, -0.1) is 0 Å². The van der Waals surface area contributed by atoms with Crippen LogP contribution in [0.25, 0.3) is 11.1 Å². The number of nitrogens with zero attached hydrogens (tertiary/aromatic N) is 5. The highest BCUT2D eigenvalue weighted by molar-refractivity contribution is 5.74. The fourth-order valence-electron chi connectivity index (χ4n) is 3.90. The second kappa shape index (κ2) is 6.49. The summed E-state index contributed by atoms with van der Waals surface area (Å²) in [5.41, 5.74) is 2.78. The number of para-hydroxylation sites is 2. The van der Waals surface area contributed by atoms with Crippen molar-refractivity contribution in [3.63, 3.8) is 0 Å². The fraction of sp³-hybridized carbons (Fsp3) is 0.450. The van der Waals surface area contributed by atoms with E-state index >= 15 is 0 Å². The van der Waals surface area contributed by atoms with Crippen LogP contribution in [0.3, 0.4) is 0 Å². The van der Waals surface area contributed by atoms with Gasteiger partial charge in [0.25, 0.3) is 6.01 Å². The first-order valence-corrected chi connectivity index (χ1v) is 9.55. The molecule has 0 amide bonds. The van der Waals surface area contributed by atoms with Gasteiger partial charge in [0.15, 0.2) is 5.58 Å². The second-order valence-corrected chi connectivity index (χ2v) is 7.46. The molecule has 27 heavy (non-hydrogen) atoms. The van der Waals surface area contributed by atoms with Gasteiger partial charge in [0.05, 0.1) is 6.10 Å². The molecule has 1 N–H and O–H groups in total. The highest BCUT2D eigenvalue weighted by atomic mass is 16.4. The van der Waals surface area contributed by atoms with Crippen LogP contribution >= 0.6 is 0 Å². The highest BCUT2D eigenvalue weighted by Gasteiger charge is 2.31. The van der Waals surface area contributed by atoms with Gasteiger partial charge < -0.3 is 19.3 Å². The number of aromatic nitrogens is 3. The van der Waals surface area contributed by atoms with Crippen LogP contribution in [0.5, 0.6) is 0 Å². The van der Waals surface area contributed by atoms with Gasteiger partial charge in [-0.2, -0.15) is 4.98 Å². The Morgan fingerprint density at radius 2 is 1.74 bits per heavy atom. The minimum atomic E-state index is -0.173. The standard InChI is InChI=1S/C20H23N5O2/c1-13-21-17(14-10-15(26)11-14)12-19(22-13)24-6-8-25(9-7-24)20-23-16-4-2-3-5-18(16)27-20/h2-5,12,14-15,26H,6-11H2,1H3. The lowest BCUT2D eigenvalue weighted by atomic mass is 9.80. The maximum Gasteiger partial charge on any atom is 0.298 e.